The van der Waals surface area contributed by atoms with Crippen LogP contribution in [-0.4, -0.2) is 15.0 Å². The summed E-state index contributed by atoms with van der Waals surface area (Å²) in [6.45, 7) is 1.91. The van der Waals surface area contributed by atoms with Crippen molar-refractivity contribution in [3.63, 3.8) is 0 Å². The second kappa shape index (κ2) is 2.95. The van der Waals surface area contributed by atoms with Crippen LogP contribution in [0.25, 0.3) is 22.6 Å². The topological polar surface area (TPSA) is 54.7 Å². The van der Waals surface area contributed by atoms with Crippen LogP contribution in [0.5, 0.6) is 0 Å². The van der Waals surface area contributed by atoms with Crippen LogP contribution in [0.3, 0.4) is 0 Å². The third kappa shape index (κ3) is 1.30. The molecule has 0 spiro atoms. The normalized spacial score (nSPS) is 11.0. The number of furan rings is 1. The fourth-order valence-corrected chi connectivity index (χ4v) is 1.55. The number of hydrogen-bond donors (Lipinski definition) is 1. The van der Waals surface area contributed by atoms with E-state index in [1.54, 1.807) is 12.5 Å². The van der Waals surface area contributed by atoms with Crippen molar-refractivity contribution >= 4 is 11.2 Å². The van der Waals surface area contributed by atoms with Gasteiger partial charge in [0.2, 0.25) is 0 Å². The molecule has 15 heavy (non-hydrogen) atoms. The SMILES string of the molecule is Cc1cc(-c2nc3ncccc3[nH]2)co1. The van der Waals surface area contributed by atoms with E-state index in [4.69, 9.17) is 4.42 Å². The van der Waals surface area contributed by atoms with Crippen LogP contribution in [0.2, 0.25) is 0 Å². The van der Waals surface area contributed by atoms with Gasteiger partial charge in [0.15, 0.2) is 5.65 Å². The van der Waals surface area contributed by atoms with E-state index in [1.807, 2.05) is 25.1 Å². The zero-order valence-electron chi connectivity index (χ0n) is 8.19. The number of aryl methyl sites for hydroxylation is 1. The molecule has 3 aromatic rings. The van der Waals surface area contributed by atoms with Gasteiger partial charge in [-0.2, -0.15) is 0 Å². The van der Waals surface area contributed by atoms with Crippen LogP contribution in [0.15, 0.2) is 35.1 Å². The Hall–Kier alpha value is -2.10. The molecular weight excluding hydrogens is 190 g/mol. The Morgan fingerprint density at radius 1 is 1.40 bits per heavy atom. The van der Waals surface area contributed by atoms with Crippen LogP contribution in [-0.2, 0) is 0 Å². The minimum atomic E-state index is 0.728. The zero-order chi connectivity index (χ0) is 10.3. The van der Waals surface area contributed by atoms with E-state index in [0.717, 1.165) is 28.3 Å². The van der Waals surface area contributed by atoms with Crippen molar-refractivity contribution in [3.8, 4) is 11.4 Å². The van der Waals surface area contributed by atoms with Gasteiger partial charge in [-0.25, -0.2) is 9.97 Å². The van der Waals surface area contributed by atoms with Crippen LogP contribution >= 0.6 is 0 Å². The highest BCUT2D eigenvalue weighted by Gasteiger charge is 2.07. The summed E-state index contributed by atoms with van der Waals surface area (Å²) in [5.41, 5.74) is 2.61. The average Bonchev–Trinajstić information content (AvgIpc) is 2.82. The molecule has 0 atom stereocenters. The number of aromatic nitrogens is 3. The van der Waals surface area contributed by atoms with Gasteiger partial charge in [0.1, 0.15) is 17.8 Å². The first kappa shape index (κ1) is 8.23. The Balaban J connectivity index is 2.19. The molecule has 3 heterocycles. The van der Waals surface area contributed by atoms with Gasteiger partial charge in [-0.1, -0.05) is 0 Å². The lowest BCUT2D eigenvalue weighted by Gasteiger charge is -1.84. The lowest BCUT2D eigenvalue weighted by molar-refractivity contribution is 0.535. The maximum Gasteiger partial charge on any atom is 0.178 e. The molecule has 0 aliphatic rings. The largest absolute Gasteiger partial charge is 0.469 e. The lowest BCUT2D eigenvalue weighted by atomic mass is 10.3. The number of nitrogens with zero attached hydrogens (tertiary/aromatic N) is 2. The van der Waals surface area contributed by atoms with E-state index in [1.165, 1.54) is 0 Å². The first-order chi connectivity index (χ1) is 7.33. The standard InChI is InChI=1S/C11H9N3O/c1-7-5-8(6-15-7)10-13-9-3-2-4-12-11(9)14-10/h2-6H,1H3,(H,12,13,14). The summed E-state index contributed by atoms with van der Waals surface area (Å²) in [6, 6.07) is 5.77. The van der Waals surface area contributed by atoms with Crippen LogP contribution in [0.4, 0.5) is 0 Å². The van der Waals surface area contributed by atoms with Gasteiger partial charge in [-0.15, -0.1) is 0 Å². The van der Waals surface area contributed by atoms with Crippen molar-refractivity contribution in [3.05, 3.63) is 36.4 Å². The van der Waals surface area contributed by atoms with Gasteiger partial charge in [0.25, 0.3) is 0 Å². The summed E-state index contributed by atoms with van der Waals surface area (Å²) in [5.74, 6) is 1.67. The smallest absolute Gasteiger partial charge is 0.178 e. The molecule has 0 bridgehead atoms. The Morgan fingerprint density at radius 2 is 2.33 bits per heavy atom. The molecule has 1 N–H and O–H groups in total. The highest BCUT2D eigenvalue weighted by Crippen LogP contribution is 2.20. The summed E-state index contributed by atoms with van der Waals surface area (Å²) in [6.07, 6.45) is 3.42. The minimum absolute atomic E-state index is 0.728. The molecule has 3 aromatic heterocycles. The quantitative estimate of drug-likeness (QED) is 0.655. The Labute approximate surface area is 86.0 Å². The third-order valence-electron chi connectivity index (χ3n) is 2.26. The fourth-order valence-electron chi connectivity index (χ4n) is 1.55. The molecule has 0 unspecified atom stereocenters. The number of rotatable bonds is 1. The highest BCUT2D eigenvalue weighted by molar-refractivity contribution is 5.75. The van der Waals surface area contributed by atoms with E-state index in [9.17, 15) is 0 Å². The van der Waals surface area contributed by atoms with E-state index in [-0.39, 0.29) is 0 Å². The average molecular weight is 199 g/mol. The number of aromatic amines is 1. The van der Waals surface area contributed by atoms with E-state index in [2.05, 4.69) is 15.0 Å². The first-order valence-corrected chi connectivity index (χ1v) is 4.69. The second-order valence-corrected chi connectivity index (χ2v) is 3.41. The summed E-state index contributed by atoms with van der Waals surface area (Å²) < 4.78 is 5.23. The van der Waals surface area contributed by atoms with Gasteiger partial charge < -0.3 is 9.40 Å². The monoisotopic (exact) mass is 199 g/mol. The molecule has 4 nitrogen and oxygen atoms in total. The van der Waals surface area contributed by atoms with Gasteiger partial charge in [0, 0.05) is 6.20 Å². The number of H-pyrrole nitrogens is 1. The molecule has 0 aromatic carbocycles. The number of nitrogens with one attached hydrogen (secondary N) is 1. The molecule has 0 amide bonds. The Kier molecular flexibility index (Phi) is 1.62. The van der Waals surface area contributed by atoms with Crippen LogP contribution < -0.4 is 0 Å². The van der Waals surface area contributed by atoms with Gasteiger partial charge in [-0.3, -0.25) is 0 Å². The lowest BCUT2D eigenvalue weighted by Crippen LogP contribution is -1.75. The molecule has 0 radical (unpaired) electrons. The number of pyridine rings is 1. The maximum absolute atomic E-state index is 5.23. The Bertz CT molecular complexity index is 576. The Morgan fingerprint density at radius 3 is 3.07 bits per heavy atom. The summed E-state index contributed by atoms with van der Waals surface area (Å²) >= 11 is 0. The highest BCUT2D eigenvalue weighted by atomic mass is 16.3. The van der Waals surface area contributed by atoms with Crippen molar-refractivity contribution in [1.82, 2.24) is 15.0 Å². The molecule has 4 heteroatoms. The van der Waals surface area contributed by atoms with Crippen LogP contribution in [0, 0.1) is 6.92 Å². The van der Waals surface area contributed by atoms with E-state index >= 15 is 0 Å². The molecule has 0 aliphatic carbocycles. The van der Waals surface area contributed by atoms with E-state index < -0.39 is 0 Å². The predicted octanol–water partition coefficient (Wildman–Crippen LogP) is 2.53. The van der Waals surface area contributed by atoms with Gasteiger partial charge in [0.05, 0.1) is 11.1 Å². The third-order valence-corrected chi connectivity index (χ3v) is 2.26. The molecule has 0 fully saturated rings. The molecular formula is C11H9N3O. The van der Waals surface area contributed by atoms with Crippen molar-refractivity contribution in [2.24, 2.45) is 0 Å². The van der Waals surface area contributed by atoms with Crippen molar-refractivity contribution in [1.29, 1.82) is 0 Å². The maximum atomic E-state index is 5.23. The molecule has 74 valence electrons. The van der Waals surface area contributed by atoms with Gasteiger partial charge >= 0.3 is 0 Å². The van der Waals surface area contributed by atoms with Crippen molar-refractivity contribution in [2.75, 3.05) is 0 Å². The summed E-state index contributed by atoms with van der Waals surface area (Å²) in [5, 5.41) is 0. The van der Waals surface area contributed by atoms with Crippen molar-refractivity contribution < 1.29 is 4.42 Å². The number of hydrogen-bond acceptors (Lipinski definition) is 3. The summed E-state index contributed by atoms with van der Waals surface area (Å²) in [4.78, 5) is 11.7. The molecule has 0 saturated carbocycles. The molecule has 0 aliphatic heterocycles. The second-order valence-electron chi connectivity index (χ2n) is 3.41. The zero-order valence-corrected chi connectivity index (χ0v) is 8.19. The van der Waals surface area contributed by atoms with E-state index in [0.29, 0.717) is 0 Å². The predicted molar refractivity (Wildman–Crippen MR) is 56.3 cm³/mol. The minimum Gasteiger partial charge on any atom is -0.469 e. The molecule has 3 rings (SSSR count). The summed E-state index contributed by atoms with van der Waals surface area (Å²) in [7, 11) is 0. The van der Waals surface area contributed by atoms with Crippen molar-refractivity contribution in [2.45, 2.75) is 6.92 Å². The van der Waals surface area contributed by atoms with Crippen LogP contribution in [0.1, 0.15) is 5.76 Å². The number of imidazole rings is 1. The number of fused-ring (bicyclic) bond motifs is 1. The first-order valence-electron chi connectivity index (χ1n) is 4.69. The molecule has 0 saturated heterocycles. The van der Waals surface area contributed by atoms with Gasteiger partial charge in [-0.05, 0) is 25.1 Å². The fraction of sp³-hybridized carbons (Fsp3) is 0.0909.